The number of nitro groups is 1. The lowest BCUT2D eigenvalue weighted by Crippen LogP contribution is -2.31. The third-order valence-electron chi connectivity index (χ3n) is 3.86. The molecule has 1 aliphatic heterocycles. The average Bonchev–Trinajstić information content (AvgIpc) is 2.70. The zero-order valence-electron chi connectivity index (χ0n) is 13.0. The average molecular weight is 327 g/mol. The molecule has 0 aromatic heterocycles. The number of nitrogens with zero attached hydrogens (tertiary/aromatic N) is 2. The highest BCUT2D eigenvalue weighted by Crippen LogP contribution is 2.40. The summed E-state index contributed by atoms with van der Waals surface area (Å²) in [5.41, 5.74) is 6.41. The number of non-ortho nitro benzene ring substituents is 1. The minimum absolute atomic E-state index is 0.0810. The van der Waals surface area contributed by atoms with Gasteiger partial charge in [0.25, 0.3) is 11.6 Å². The van der Waals surface area contributed by atoms with Crippen LogP contribution in [0.1, 0.15) is 23.2 Å². The highest BCUT2D eigenvalue weighted by Gasteiger charge is 2.28. The molecule has 2 aromatic carbocycles. The number of nitro benzene ring substituents is 1. The summed E-state index contributed by atoms with van der Waals surface area (Å²) in [6.45, 7) is 1.01. The van der Waals surface area contributed by atoms with E-state index in [1.165, 1.54) is 12.1 Å². The molecule has 24 heavy (non-hydrogen) atoms. The molecule has 0 bridgehead atoms. The van der Waals surface area contributed by atoms with Crippen LogP contribution in [-0.4, -0.2) is 23.9 Å². The van der Waals surface area contributed by atoms with Crippen LogP contribution in [0.2, 0.25) is 0 Å². The van der Waals surface area contributed by atoms with Crippen LogP contribution in [0, 0.1) is 10.1 Å². The summed E-state index contributed by atoms with van der Waals surface area (Å²) in [6, 6.07) is 11.2. The van der Waals surface area contributed by atoms with E-state index in [-0.39, 0.29) is 11.6 Å². The summed E-state index contributed by atoms with van der Waals surface area (Å²) >= 11 is 0. The molecule has 0 atom stereocenters. The van der Waals surface area contributed by atoms with Crippen molar-refractivity contribution in [1.82, 2.24) is 0 Å². The Labute approximate surface area is 138 Å². The zero-order valence-corrected chi connectivity index (χ0v) is 13.0. The lowest BCUT2D eigenvalue weighted by Gasteiger charge is -2.21. The molecular formula is C17H17N3O4. The van der Waals surface area contributed by atoms with E-state index < -0.39 is 4.92 Å². The molecule has 0 aliphatic carbocycles. The number of anilines is 1. The Kier molecular flexibility index (Phi) is 4.43. The van der Waals surface area contributed by atoms with Gasteiger partial charge in [-0.15, -0.1) is 0 Å². The lowest BCUT2D eigenvalue weighted by molar-refractivity contribution is -0.384. The number of para-hydroxylation sites is 1. The maximum Gasteiger partial charge on any atom is 0.273 e. The fourth-order valence-electron chi connectivity index (χ4n) is 2.66. The minimum Gasteiger partial charge on any atom is -0.454 e. The number of rotatable bonds is 5. The van der Waals surface area contributed by atoms with Crippen LogP contribution in [0.25, 0.3) is 0 Å². The van der Waals surface area contributed by atoms with E-state index >= 15 is 0 Å². The van der Waals surface area contributed by atoms with Gasteiger partial charge >= 0.3 is 0 Å². The highest BCUT2D eigenvalue weighted by molar-refractivity contribution is 6.09. The summed E-state index contributed by atoms with van der Waals surface area (Å²) in [7, 11) is 0. The number of ether oxygens (including phenoxy) is 1. The van der Waals surface area contributed by atoms with Crippen LogP contribution >= 0.6 is 0 Å². The van der Waals surface area contributed by atoms with Gasteiger partial charge < -0.3 is 15.4 Å². The highest BCUT2D eigenvalue weighted by atomic mass is 16.6. The van der Waals surface area contributed by atoms with Crippen LogP contribution < -0.4 is 15.4 Å². The first-order valence-electron chi connectivity index (χ1n) is 7.69. The number of hydrogen-bond donors (Lipinski definition) is 1. The molecular weight excluding hydrogens is 310 g/mol. The summed E-state index contributed by atoms with van der Waals surface area (Å²) < 4.78 is 5.81. The van der Waals surface area contributed by atoms with Crippen molar-refractivity contribution in [1.29, 1.82) is 0 Å². The second kappa shape index (κ2) is 6.67. The summed E-state index contributed by atoms with van der Waals surface area (Å²) in [5.74, 6) is 0.510. The van der Waals surface area contributed by atoms with Gasteiger partial charge in [0.05, 0.1) is 22.2 Å². The maximum absolute atomic E-state index is 12.9. The summed E-state index contributed by atoms with van der Waals surface area (Å²) in [4.78, 5) is 25.0. The Morgan fingerprint density at radius 3 is 2.67 bits per heavy atom. The van der Waals surface area contributed by atoms with Gasteiger partial charge in [-0.1, -0.05) is 12.1 Å². The Bertz CT molecular complexity index is 791. The van der Waals surface area contributed by atoms with E-state index in [0.29, 0.717) is 35.8 Å². The van der Waals surface area contributed by atoms with Crippen LogP contribution in [-0.2, 0) is 0 Å². The predicted octanol–water partition coefficient (Wildman–Crippen LogP) is 3.09. The van der Waals surface area contributed by atoms with E-state index in [1.807, 2.05) is 0 Å². The zero-order chi connectivity index (χ0) is 17.1. The molecule has 0 radical (unpaired) electrons. The molecule has 2 N–H and O–H groups in total. The first-order chi connectivity index (χ1) is 11.6. The SMILES string of the molecule is NCCCCN1C(=O)c2ccccc2Oc2cc([N+](=O)[O-])ccc21. The van der Waals surface area contributed by atoms with Gasteiger partial charge in [0.1, 0.15) is 5.75 Å². The molecule has 0 fully saturated rings. The van der Waals surface area contributed by atoms with E-state index in [4.69, 9.17) is 10.5 Å². The van der Waals surface area contributed by atoms with Gasteiger partial charge in [0.2, 0.25) is 0 Å². The maximum atomic E-state index is 12.9. The van der Waals surface area contributed by atoms with Gasteiger partial charge in [0.15, 0.2) is 5.75 Å². The number of unbranched alkanes of at least 4 members (excludes halogenated alkanes) is 1. The van der Waals surface area contributed by atoms with E-state index in [2.05, 4.69) is 0 Å². The largest absolute Gasteiger partial charge is 0.454 e. The van der Waals surface area contributed by atoms with Gasteiger partial charge in [-0.25, -0.2) is 0 Å². The molecule has 0 spiro atoms. The monoisotopic (exact) mass is 327 g/mol. The predicted molar refractivity (Wildman–Crippen MR) is 89.6 cm³/mol. The number of carbonyl (C=O) groups is 1. The van der Waals surface area contributed by atoms with E-state index in [0.717, 1.165) is 12.8 Å². The molecule has 0 saturated heterocycles. The second-order valence-corrected chi connectivity index (χ2v) is 5.46. The topological polar surface area (TPSA) is 98.7 Å². The minimum atomic E-state index is -0.485. The van der Waals surface area contributed by atoms with Crippen molar-refractivity contribution in [3.05, 3.63) is 58.1 Å². The molecule has 1 heterocycles. The van der Waals surface area contributed by atoms with Crippen LogP contribution in [0.3, 0.4) is 0 Å². The number of amides is 1. The second-order valence-electron chi connectivity index (χ2n) is 5.46. The molecule has 3 rings (SSSR count). The Balaban J connectivity index is 2.08. The van der Waals surface area contributed by atoms with Crippen molar-refractivity contribution < 1.29 is 14.5 Å². The van der Waals surface area contributed by atoms with Crippen molar-refractivity contribution in [3.8, 4) is 11.5 Å². The van der Waals surface area contributed by atoms with Crippen molar-refractivity contribution in [2.24, 2.45) is 5.73 Å². The fraction of sp³-hybridized carbons (Fsp3) is 0.235. The molecule has 0 saturated carbocycles. The third kappa shape index (κ3) is 2.93. The molecule has 124 valence electrons. The summed E-state index contributed by atoms with van der Waals surface area (Å²) in [6.07, 6.45) is 1.52. The summed E-state index contributed by atoms with van der Waals surface area (Å²) in [5, 5.41) is 11.0. The van der Waals surface area contributed by atoms with Gasteiger partial charge in [-0.3, -0.25) is 14.9 Å². The van der Waals surface area contributed by atoms with Gasteiger partial charge in [-0.2, -0.15) is 0 Å². The van der Waals surface area contributed by atoms with Crippen LogP contribution in [0.4, 0.5) is 11.4 Å². The number of hydrogen-bond acceptors (Lipinski definition) is 5. The quantitative estimate of drug-likeness (QED) is 0.517. The van der Waals surface area contributed by atoms with Gasteiger partial charge in [-0.05, 0) is 37.6 Å². The Morgan fingerprint density at radius 2 is 1.92 bits per heavy atom. The standard InChI is InChI=1S/C17H17N3O4/c18-9-3-4-10-19-14-8-7-12(20(22)23)11-16(14)24-15-6-2-1-5-13(15)17(19)21/h1-2,5-8,11H,3-4,9-10,18H2. The normalized spacial score (nSPS) is 12.9. The van der Waals surface area contributed by atoms with Crippen molar-refractivity contribution in [3.63, 3.8) is 0 Å². The number of benzene rings is 2. The fourth-order valence-corrected chi connectivity index (χ4v) is 2.66. The Morgan fingerprint density at radius 1 is 1.12 bits per heavy atom. The van der Waals surface area contributed by atoms with Crippen LogP contribution in [0.5, 0.6) is 11.5 Å². The number of carbonyl (C=O) groups excluding carboxylic acids is 1. The first kappa shape index (κ1) is 15.9. The molecule has 0 unspecified atom stereocenters. The van der Waals surface area contributed by atoms with Crippen molar-refractivity contribution >= 4 is 17.3 Å². The molecule has 1 aliphatic rings. The van der Waals surface area contributed by atoms with Crippen molar-refractivity contribution in [2.45, 2.75) is 12.8 Å². The Hall–Kier alpha value is -2.93. The number of fused-ring (bicyclic) bond motifs is 2. The molecule has 7 nitrogen and oxygen atoms in total. The first-order valence-corrected chi connectivity index (χ1v) is 7.69. The molecule has 2 aromatic rings. The molecule has 7 heteroatoms. The van der Waals surface area contributed by atoms with E-state index in [1.54, 1.807) is 35.2 Å². The lowest BCUT2D eigenvalue weighted by atomic mass is 10.1. The third-order valence-corrected chi connectivity index (χ3v) is 3.86. The number of nitrogens with two attached hydrogens (primary N) is 1. The van der Waals surface area contributed by atoms with Crippen molar-refractivity contribution in [2.75, 3.05) is 18.0 Å². The van der Waals surface area contributed by atoms with E-state index in [9.17, 15) is 14.9 Å². The smallest absolute Gasteiger partial charge is 0.273 e. The van der Waals surface area contributed by atoms with Gasteiger partial charge in [0, 0.05) is 12.6 Å². The molecule has 1 amide bonds. The van der Waals surface area contributed by atoms with Crippen LogP contribution in [0.15, 0.2) is 42.5 Å².